The lowest BCUT2D eigenvalue weighted by molar-refractivity contribution is -0.207. The van der Waals surface area contributed by atoms with Gasteiger partial charge in [-0.25, -0.2) is 19.1 Å². The number of carbonyl (C=O) groups excluding carboxylic acids is 1. The Morgan fingerprint density at radius 3 is 2.39 bits per heavy atom. The fraction of sp³-hybridized carbons (Fsp3) is 0.261. The van der Waals surface area contributed by atoms with Crippen molar-refractivity contribution in [2.75, 3.05) is 7.11 Å². The van der Waals surface area contributed by atoms with E-state index < -0.39 is 30.5 Å². The van der Waals surface area contributed by atoms with E-state index in [0.717, 1.165) is 4.68 Å². The summed E-state index contributed by atoms with van der Waals surface area (Å²) in [5.41, 5.74) is -0.218. The zero-order chi connectivity index (χ0) is 27.6. The molecular weight excluding hydrogens is 552 g/mol. The number of aliphatic hydroxyl groups excluding tert-OH is 1. The highest BCUT2D eigenvalue weighted by molar-refractivity contribution is 6.33. The maximum absolute atomic E-state index is 13.2. The Bertz CT molecular complexity index is 1510. The number of carbonyl (C=O) groups is 1. The molecule has 0 aliphatic carbocycles. The lowest BCUT2D eigenvalue weighted by atomic mass is 10.2. The zero-order valence-electron chi connectivity index (χ0n) is 19.6. The van der Waals surface area contributed by atoms with Crippen LogP contribution in [0.4, 0.5) is 13.2 Å². The molecule has 1 N–H and O–H groups in total. The fourth-order valence-electron chi connectivity index (χ4n) is 3.49. The van der Waals surface area contributed by atoms with Gasteiger partial charge in [0.2, 0.25) is 0 Å². The molecule has 1 unspecified atom stereocenters. The first-order chi connectivity index (χ1) is 18.0. The first kappa shape index (κ1) is 27.4. The number of alkyl halides is 3. The number of ether oxygens (including phenoxy) is 1. The third kappa shape index (κ3) is 5.90. The molecule has 0 aliphatic rings. The van der Waals surface area contributed by atoms with Crippen molar-refractivity contribution in [3.05, 3.63) is 74.9 Å². The lowest BCUT2D eigenvalue weighted by Gasteiger charge is -2.15. The van der Waals surface area contributed by atoms with Crippen molar-refractivity contribution in [2.45, 2.75) is 31.9 Å². The van der Waals surface area contributed by atoms with Gasteiger partial charge in [0.05, 0.1) is 18.7 Å². The van der Waals surface area contributed by atoms with Crippen molar-refractivity contribution in [1.29, 1.82) is 0 Å². The van der Waals surface area contributed by atoms with Crippen LogP contribution in [0.25, 0.3) is 22.8 Å². The first-order valence-electron chi connectivity index (χ1n) is 10.9. The molecule has 0 fully saturated rings. The number of aromatic nitrogens is 6. The molecule has 0 bridgehead atoms. The van der Waals surface area contributed by atoms with E-state index in [-0.39, 0.29) is 36.1 Å². The molecule has 15 heteroatoms. The topological polar surface area (TPSA) is 117 Å². The van der Waals surface area contributed by atoms with Crippen LogP contribution in [-0.4, -0.2) is 59.6 Å². The van der Waals surface area contributed by atoms with Crippen LogP contribution in [0.15, 0.2) is 53.3 Å². The second-order valence-electron chi connectivity index (χ2n) is 8.00. The second kappa shape index (κ2) is 11.0. The smallest absolute Gasteiger partial charge is 0.416 e. The monoisotopic (exact) mass is 570 g/mol. The Labute approximate surface area is 222 Å². The maximum Gasteiger partial charge on any atom is 0.416 e. The van der Waals surface area contributed by atoms with Gasteiger partial charge in [-0.05, 0) is 36.4 Å². The summed E-state index contributed by atoms with van der Waals surface area (Å²) in [5, 5.41) is 18.9. The number of aliphatic hydroxyl groups is 1. The predicted molar refractivity (Wildman–Crippen MR) is 131 cm³/mol. The van der Waals surface area contributed by atoms with E-state index in [1.165, 1.54) is 36.1 Å². The van der Waals surface area contributed by atoms with E-state index in [1.807, 2.05) is 0 Å². The molecule has 0 amide bonds. The summed E-state index contributed by atoms with van der Waals surface area (Å²) in [7, 11) is 1.18. The Morgan fingerprint density at radius 1 is 1.08 bits per heavy atom. The summed E-state index contributed by atoms with van der Waals surface area (Å²) in [6.07, 6.45) is -7.79. The van der Waals surface area contributed by atoms with Crippen molar-refractivity contribution in [3.8, 4) is 22.8 Å². The highest BCUT2D eigenvalue weighted by Gasteiger charge is 2.39. The molecule has 2 heterocycles. The van der Waals surface area contributed by atoms with Crippen LogP contribution in [-0.2, 0) is 29.2 Å². The second-order valence-corrected chi connectivity index (χ2v) is 8.85. The van der Waals surface area contributed by atoms with Crippen molar-refractivity contribution in [2.24, 2.45) is 0 Å². The molecule has 4 rings (SSSR count). The molecule has 0 radical (unpaired) electrons. The molecular formula is C23H19Cl2F3N6O4. The van der Waals surface area contributed by atoms with Gasteiger partial charge in [0, 0.05) is 16.1 Å². The highest BCUT2D eigenvalue weighted by Crippen LogP contribution is 2.26. The van der Waals surface area contributed by atoms with E-state index in [4.69, 9.17) is 27.9 Å². The normalized spacial score (nSPS) is 12.5. The lowest BCUT2D eigenvalue weighted by Crippen LogP contribution is -2.37. The number of nitrogens with zero attached hydrogens (tertiary/aromatic N) is 6. The quantitative estimate of drug-likeness (QED) is 0.322. The summed E-state index contributed by atoms with van der Waals surface area (Å²) >= 11 is 12.2. The minimum atomic E-state index is -4.97. The van der Waals surface area contributed by atoms with Gasteiger partial charge in [-0.3, -0.25) is 9.36 Å². The number of benzene rings is 2. The summed E-state index contributed by atoms with van der Waals surface area (Å²) in [5.74, 6) is -0.571. The van der Waals surface area contributed by atoms with Crippen molar-refractivity contribution < 1.29 is 27.8 Å². The third-order valence-corrected chi connectivity index (χ3v) is 6.00. The Kier molecular flexibility index (Phi) is 7.90. The van der Waals surface area contributed by atoms with Gasteiger partial charge >= 0.3 is 17.8 Å². The fourth-order valence-corrected chi connectivity index (χ4v) is 3.84. The van der Waals surface area contributed by atoms with Crippen molar-refractivity contribution >= 4 is 29.2 Å². The first-order valence-corrected chi connectivity index (χ1v) is 11.7. The van der Waals surface area contributed by atoms with Gasteiger partial charge < -0.3 is 9.84 Å². The van der Waals surface area contributed by atoms with Crippen LogP contribution >= 0.6 is 23.2 Å². The standard InChI is InChI=1S/C23H19Cl2F3N6O4/c1-38-19(36)12-33-18(29-20(30-33)15-4-2-3-5-16(15)25)11-34-22(37)32(10-17(35)23(26,27)28)21(31-34)13-6-8-14(24)9-7-13/h2-9,17,35H,10-12H2,1H3. The number of methoxy groups -OCH3 is 1. The summed E-state index contributed by atoms with van der Waals surface area (Å²) in [6.45, 7) is -1.83. The summed E-state index contributed by atoms with van der Waals surface area (Å²) in [6, 6.07) is 12.6. The van der Waals surface area contributed by atoms with Crippen LogP contribution in [0.2, 0.25) is 10.0 Å². The Hall–Kier alpha value is -3.68. The minimum Gasteiger partial charge on any atom is -0.468 e. The molecule has 0 saturated carbocycles. The van der Waals surface area contributed by atoms with E-state index in [0.29, 0.717) is 20.2 Å². The molecule has 0 spiro atoms. The van der Waals surface area contributed by atoms with Crippen molar-refractivity contribution in [3.63, 3.8) is 0 Å². The molecule has 0 saturated heterocycles. The zero-order valence-corrected chi connectivity index (χ0v) is 21.1. The van der Waals surface area contributed by atoms with E-state index >= 15 is 0 Å². The average Bonchev–Trinajstić information content (AvgIpc) is 3.40. The van der Waals surface area contributed by atoms with Crippen LogP contribution in [0, 0.1) is 0 Å². The minimum absolute atomic E-state index is 0.0797. The molecule has 2 aromatic heterocycles. The molecule has 10 nitrogen and oxygen atoms in total. The molecule has 1 atom stereocenters. The molecule has 0 aliphatic heterocycles. The predicted octanol–water partition coefficient (Wildman–Crippen LogP) is 3.42. The molecule has 2 aromatic carbocycles. The number of hydrogen-bond donors (Lipinski definition) is 1. The van der Waals surface area contributed by atoms with Gasteiger partial charge in [-0.1, -0.05) is 35.3 Å². The van der Waals surface area contributed by atoms with Crippen LogP contribution in [0.5, 0.6) is 0 Å². The number of hydrogen-bond acceptors (Lipinski definition) is 7. The van der Waals surface area contributed by atoms with Gasteiger partial charge in [0.15, 0.2) is 17.8 Å². The van der Waals surface area contributed by atoms with Gasteiger partial charge in [-0.2, -0.15) is 18.3 Å². The van der Waals surface area contributed by atoms with Crippen molar-refractivity contribution in [1.82, 2.24) is 29.1 Å². The SMILES string of the molecule is COC(=O)Cn1nc(-c2ccccc2Cl)nc1Cn1nc(-c2ccc(Cl)cc2)n(CC(O)C(F)(F)F)c1=O. The van der Waals surface area contributed by atoms with E-state index in [9.17, 15) is 27.9 Å². The van der Waals surface area contributed by atoms with Crippen LogP contribution in [0.1, 0.15) is 5.82 Å². The molecule has 200 valence electrons. The maximum atomic E-state index is 13.2. The van der Waals surface area contributed by atoms with E-state index in [1.54, 1.807) is 24.3 Å². The van der Waals surface area contributed by atoms with Crippen LogP contribution < -0.4 is 5.69 Å². The largest absolute Gasteiger partial charge is 0.468 e. The third-order valence-electron chi connectivity index (χ3n) is 5.42. The summed E-state index contributed by atoms with van der Waals surface area (Å²) < 4.78 is 46.8. The van der Waals surface area contributed by atoms with Gasteiger partial charge in [0.25, 0.3) is 0 Å². The Morgan fingerprint density at radius 2 is 1.76 bits per heavy atom. The molecule has 4 aromatic rings. The van der Waals surface area contributed by atoms with Crippen LogP contribution in [0.3, 0.4) is 0 Å². The van der Waals surface area contributed by atoms with E-state index in [2.05, 4.69) is 15.2 Å². The number of esters is 1. The average molecular weight is 571 g/mol. The van der Waals surface area contributed by atoms with Gasteiger partial charge in [0.1, 0.15) is 18.9 Å². The molecule has 38 heavy (non-hydrogen) atoms. The Balaban J connectivity index is 1.80. The number of halogens is 5. The van der Waals surface area contributed by atoms with Gasteiger partial charge in [-0.15, -0.1) is 5.10 Å². The number of rotatable bonds is 8. The summed E-state index contributed by atoms with van der Waals surface area (Å²) in [4.78, 5) is 29.6. The highest BCUT2D eigenvalue weighted by atomic mass is 35.5.